The Labute approximate surface area is 429 Å². The summed E-state index contributed by atoms with van der Waals surface area (Å²) in [5, 5.41) is 20.7. The molecule has 3 aliphatic rings. The highest BCUT2D eigenvalue weighted by atomic mass is 31.1. The number of nitrogens with zero attached hydrogens (tertiary/aromatic N) is 1. The van der Waals surface area contributed by atoms with Crippen LogP contribution in [0.5, 0.6) is 0 Å². The number of nitro groups is 1. The molecular weight excluding hydrogens is 906 g/mol. The fraction of sp³-hybridized carbons (Fsp3) is 0.101. The summed E-state index contributed by atoms with van der Waals surface area (Å²) in [6.45, 7) is 9.29. The van der Waals surface area contributed by atoms with Crippen LogP contribution in [0.1, 0.15) is 61.1 Å². The highest BCUT2D eigenvalue weighted by Gasteiger charge is 2.38. The first-order valence-electron chi connectivity index (χ1n) is 25.2. The summed E-state index contributed by atoms with van der Waals surface area (Å²) in [5.74, 6) is 0. The van der Waals surface area contributed by atoms with Crippen LogP contribution in [0.4, 0.5) is 5.69 Å². The highest BCUT2D eigenvalue weighted by Crippen LogP contribution is 2.53. The van der Waals surface area contributed by atoms with Gasteiger partial charge in [0.05, 0.1) is 10.5 Å². The quantitative estimate of drug-likeness (QED) is 0.0980. The minimum Gasteiger partial charge on any atom is -0.258 e. The number of fused-ring (bicyclic) bond motifs is 13. The zero-order valence-electron chi connectivity index (χ0n) is 41.5. The number of benzene rings is 11. The molecule has 0 saturated heterocycles. The topological polar surface area (TPSA) is 43.1 Å². The monoisotopic (exact) mass is 959 g/mol. The van der Waals surface area contributed by atoms with Gasteiger partial charge in [0, 0.05) is 16.9 Å². The minimum atomic E-state index is -0.446. The van der Waals surface area contributed by atoms with Gasteiger partial charge >= 0.3 is 0 Å². The lowest BCUT2D eigenvalue weighted by molar-refractivity contribution is -0.384. The molecule has 0 heterocycles. The van der Waals surface area contributed by atoms with Gasteiger partial charge in [-0.05, 0) is 148 Å². The van der Waals surface area contributed by atoms with Gasteiger partial charge in [-0.15, -0.1) is 0 Å². The van der Waals surface area contributed by atoms with E-state index >= 15 is 0 Å². The molecule has 3 nitrogen and oxygen atoms in total. The molecule has 0 radical (unpaired) electrons. The molecule has 14 rings (SSSR count). The Balaban J connectivity index is 0.000000114. The van der Waals surface area contributed by atoms with E-state index in [9.17, 15) is 10.1 Å². The Morgan fingerprint density at radius 1 is 0.384 bits per heavy atom. The molecule has 3 aliphatic carbocycles. The van der Waals surface area contributed by atoms with E-state index in [1.165, 1.54) is 98.8 Å². The van der Waals surface area contributed by atoms with E-state index in [1.807, 2.05) is 18.2 Å². The van der Waals surface area contributed by atoms with Crippen molar-refractivity contribution >= 4 is 51.1 Å². The maximum Gasteiger partial charge on any atom is 0.277 e. The van der Waals surface area contributed by atoms with Crippen molar-refractivity contribution in [1.29, 1.82) is 0 Å². The van der Waals surface area contributed by atoms with Crippen molar-refractivity contribution in [3.63, 3.8) is 0 Å². The third-order valence-electron chi connectivity index (χ3n) is 15.4. The van der Waals surface area contributed by atoms with Gasteiger partial charge in [0.15, 0.2) is 0 Å². The van der Waals surface area contributed by atoms with Gasteiger partial charge in [0.2, 0.25) is 0 Å². The SMILES string of the molecule is CC1(C)c2ccccc2-c2ccc3cc(-c4ccccc4[N+](=O)[O-])ccc3c21.CC1(C)c2ccccc2-c2ccc3cc4c(cc3c21)Cc1ccccc1-4.c1ccc(P(c2ccccc2)c2ccccc2)cc1. The van der Waals surface area contributed by atoms with E-state index in [2.05, 4.69) is 240 Å². The maximum absolute atomic E-state index is 11.4. The van der Waals surface area contributed by atoms with Crippen molar-refractivity contribution < 1.29 is 4.92 Å². The van der Waals surface area contributed by atoms with Gasteiger partial charge in [-0.2, -0.15) is 0 Å². The van der Waals surface area contributed by atoms with Gasteiger partial charge in [0.1, 0.15) is 0 Å². The lowest BCUT2D eigenvalue weighted by Gasteiger charge is -2.23. The Morgan fingerprint density at radius 3 is 1.38 bits per heavy atom. The van der Waals surface area contributed by atoms with E-state index in [-0.39, 0.29) is 21.4 Å². The molecule has 0 bridgehead atoms. The number of hydrogen-bond acceptors (Lipinski definition) is 2. The van der Waals surface area contributed by atoms with Crippen LogP contribution in [0.25, 0.3) is 66.1 Å². The molecule has 0 atom stereocenters. The number of hydrogen-bond donors (Lipinski definition) is 0. The van der Waals surface area contributed by atoms with Crippen LogP contribution in [0, 0.1) is 10.1 Å². The predicted molar refractivity (Wildman–Crippen MR) is 309 cm³/mol. The molecule has 0 saturated carbocycles. The standard InChI is InChI=1S/C26H20.C25H19NO2.C18H15P/c1-26(2)24-10-6-5-9-20(24)21-12-11-17-14-22-18(15-23(17)25(21)26)13-16-7-3-4-8-19(16)22;1-25(2)22-9-5-3-8-20(22)21-14-12-17-15-16(11-13-19(17)24(21)25)18-7-4-6-10-23(18)26(27)28;1-4-10-16(11-5-1)19(17-12-6-2-7-13-17)18-14-8-3-9-15-18/h3-12,14-15H,13H2,1-2H3;3-15H,1-2H3;1-15H. The summed E-state index contributed by atoms with van der Waals surface area (Å²) < 4.78 is 0. The second-order valence-electron chi connectivity index (χ2n) is 20.4. The van der Waals surface area contributed by atoms with Crippen molar-refractivity contribution in [3.8, 4) is 44.5 Å². The van der Waals surface area contributed by atoms with E-state index < -0.39 is 7.92 Å². The Hall–Kier alpha value is -8.23. The van der Waals surface area contributed by atoms with Gasteiger partial charge in [-0.3, -0.25) is 10.1 Å². The van der Waals surface area contributed by atoms with Crippen LogP contribution in [0.3, 0.4) is 0 Å². The van der Waals surface area contributed by atoms with Gasteiger partial charge in [-0.25, -0.2) is 0 Å². The average Bonchev–Trinajstić information content (AvgIpc) is 4.00. The Kier molecular flexibility index (Phi) is 11.6. The molecule has 352 valence electrons. The largest absolute Gasteiger partial charge is 0.277 e. The lowest BCUT2D eigenvalue weighted by Crippen LogP contribution is -2.20. The highest BCUT2D eigenvalue weighted by molar-refractivity contribution is 7.79. The van der Waals surface area contributed by atoms with Crippen LogP contribution < -0.4 is 15.9 Å². The molecule has 4 heteroatoms. The van der Waals surface area contributed by atoms with Crippen molar-refractivity contribution in [2.75, 3.05) is 0 Å². The van der Waals surface area contributed by atoms with Crippen LogP contribution in [-0.4, -0.2) is 4.92 Å². The van der Waals surface area contributed by atoms with Crippen molar-refractivity contribution in [2.24, 2.45) is 0 Å². The van der Waals surface area contributed by atoms with Crippen LogP contribution >= 0.6 is 7.92 Å². The lowest BCUT2D eigenvalue weighted by atomic mass is 9.80. The second kappa shape index (κ2) is 18.4. The molecule has 0 unspecified atom stereocenters. The van der Waals surface area contributed by atoms with Crippen molar-refractivity contribution in [3.05, 3.63) is 286 Å². The summed E-state index contributed by atoms with van der Waals surface area (Å²) >= 11 is 0. The third-order valence-corrected chi connectivity index (χ3v) is 17.9. The van der Waals surface area contributed by atoms with Crippen LogP contribution in [0.15, 0.2) is 243 Å². The molecule has 11 aromatic rings. The first kappa shape index (κ1) is 45.9. The molecule has 11 aromatic carbocycles. The summed E-state index contributed by atoms with van der Waals surface area (Å²) in [4.78, 5) is 11.1. The van der Waals surface area contributed by atoms with Gasteiger partial charge < -0.3 is 0 Å². The van der Waals surface area contributed by atoms with Crippen LogP contribution in [-0.2, 0) is 17.3 Å². The number of para-hydroxylation sites is 1. The first-order chi connectivity index (χ1) is 35.6. The van der Waals surface area contributed by atoms with E-state index in [4.69, 9.17) is 0 Å². The molecule has 0 N–H and O–H groups in total. The summed E-state index contributed by atoms with van der Waals surface area (Å²) in [6, 6.07) is 85.6. The first-order valence-corrected chi connectivity index (χ1v) is 26.6. The molecule has 0 amide bonds. The smallest absolute Gasteiger partial charge is 0.258 e. The summed E-state index contributed by atoms with van der Waals surface area (Å²) in [5.41, 5.74) is 18.4. The van der Waals surface area contributed by atoms with E-state index in [1.54, 1.807) is 12.1 Å². The average molecular weight is 960 g/mol. The molecular formula is C69H54NO2P. The van der Waals surface area contributed by atoms with Gasteiger partial charge in [-0.1, -0.05) is 240 Å². The second-order valence-corrected chi connectivity index (χ2v) is 22.7. The van der Waals surface area contributed by atoms with E-state index in [0.29, 0.717) is 5.56 Å². The summed E-state index contributed by atoms with van der Waals surface area (Å²) in [6.07, 6.45) is 1.05. The zero-order valence-corrected chi connectivity index (χ0v) is 42.4. The maximum atomic E-state index is 11.4. The molecule has 0 fully saturated rings. The third kappa shape index (κ3) is 7.97. The van der Waals surface area contributed by atoms with Crippen molar-refractivity contribution in [2.45, 2.75) is 44.9 Å². The minimum absolute atomic E-state index is 0.0468. The van der Waals surface area contributed by atoms with E-state index in [0.717, 1.165) is 17.4 Å². The molecule has 73 heavy (non-hydrogen) atoms. The fourth-order valence-corrected chi connectivity index (χ4v) is 14.4. The number of nitro benzene ring substituents is 1. The fourth-order valence-electron chi connectivity index (χ4n) is 12.1. The predicted octanol–water partition coefficient (Wildman–Crippen LogP) is 16.9. The van der Waals surface area contributed by atoms with Gasteiger partial charge in [0.25, 0.3) is 5.69 Å². The molecule has 0 aliphatic heterocycles. The number of rotatable bonds is 5. The normalized spacial score (nSPS) is 13.6. The summed E-state index contributed by atoms with van der Waals surface area (Å²) in [7, 11) is -0.446. The zero-order chi connectivity index (χ0) is 49.8. The molecule has 0 spiro atoms. The Morgan fingerprint density at radius 2 is 0.836 bits per heavy atom. The van der Waals surface area contributed by atoms with Crippen molar-refractivity contribution in [1.82, 2.24) is 0 Å². The molecule has 0 aromatic heterocycles. The Bertz CT molecular complexity index is 3820. The van der Waals surface area contributed by atoms with Crippen LogP contribution in [0.2, 0.25) is 0 Å².